The Bertz CT molecular complexity index is 165. The third kappa shape index (κ3) is 1.09. The van der Waals surface area contributed by atoms with Gasteiger partial charge in [0.15, 0.2) is 0 Å². The van der Waals surface area contributed by atoms with Crippen LogP contribution in [0.15, 0.2) is 0 Å². The molecule has 2 aliphatic heterocycles. The summed E-state index contributed by atoms with van der Waals surface area (Å²) >= 11 is 0. The van der Waals surface area contributed by atoms with Crippen LogP contribution in [-0.2, 0) is 0 Å². The van der Waals surface area contributed by atoms with Gasteiger partial charge in [0.1, 0.15) is 0 Å². The molecule has 0 spiro atoms. The number of hydrogen-bond donors (Lipinski definition) is 1. The van der Waals surface area contributed by atoms with Crippen molar-refractivity contribution in [2.24, 2.45) is 17.8 Å². The van der Waals surface area contributed by atoms with Crippen LogP contribution in [0.25, 0.3) is 0 Å². The largest absolute Gasteiger partial charge is 0.316 e. The molecule has 12 heavy (non-hydrogen) atoms. The lowest BCUT2D eigenvalue weighted by atomic mass is 10.2. The molecule has 68 valence electrons. The summed E-state index contributed by atoms with van der Waals surface area (Å²) in [5.74, 6) is 3.19. The Morgan fingerprint density at radius 3 is 2.42 bits per heavy atom. The van der Waals surface area contributed by atoms with E-state index in [0.717, 1.165) is 17.8 Å². The van der Waals surface area contributed by atoms with Crippen LogP contribution in [0.2, 0.25) is 0 Å². The van der Waals surface area contributed by atoms with Gasteiger partial charge in [-0.15, -0.1) is 0 Å². The second-order valence-corrected chi connectivity index (χ2v) is 4.66. The highest BCUT2D eigenvalue weighted by Gasteiger charge is 2.52. The number of fused-ring (bicyclic) bond motifs is 1. The predicted molar refractivity (Wildman–Crippen MR) is 49.0 cm³/mol. The number of nitrogens with zero attached hydrogens (tertiary/aromatic N) is 1. The molecule has 0 aromatic carbocycles. The highest BCUT2D eigenvalue weighted by Crippen LogP contribution is 2.49. The zero-order valence-corrected chi connectivity index (χ0v) is 7.63. The van der Waals surface area contributed by atoms with E-state index in [1.54, 1.807) is 0 Å². The lowest BCUT2D eigenvalue weighted by Crippen LogP contribution is -2.26. The van der Waals surface area contributed by atoms with Gasteiger partial charge >= 0.3 is 0 Å². The maximum absolute atomic E-state index is 3.46. The highest BCUT2D eigenvalue weighted by molar-refractivity contribution is 5.04. The van der Waals surface area contributed by atoms with Crippen molar-refractivity contribution in [3.05, 3.63) is 0 Å². The minimum Gasteiger partial charge on any atom is -0.316 e. The van der Waals surface area contributed by atoms with Crippen LogP contribution in [0.4, 0.5) is 0 Å². The van der Waals surface area contributed by atoms with Gasteiger partial charge in [-0.05, 0) is 56.8 Å². The molecule has 2 nitrogen and oxygen atoms in total. The smallest absolute Gasteiger partial charge is 0.00161 e. The predicted octanol–water partition coefficient (Wildman–Crippen LogP) is 0.548. The van der Waals surface area contributed by atoms with Gasteiger partial charge in [-0.3, -0.25) is 0 Å². The molecule has 2 saturated heterocycles. The molecule has 2 unspecified atom stereocenters. The Morgan fingerprint density at radius 1 is 1.08 bits per heavy atom. The minimum absolute atomic E-state index is 1.06. The molecule has 0 amide bonds. The quantitative estimate of drug-likeness (QED) is 0.644. The van der Waals surface area contributed by atoms with E-state index in [0.29, 0.717) is 0 Å². The molecule has 0 radical (unpaired) electrons. The van der Waals surface area contributed by atoms with Gasteiger partial charge in [0, 0.05) is 6.54 Å². The van der Waals surface area contributed by atoms with E-state index in [1.807, 2.05) is 0 Å². The molecular weight excluding hydrogens is 148 g/mol. The molecule has 2 atom stereocenters. The molecule has 2 heterocycles. The highest BCUT2D eigenvalue weighted by atomic mass is 15.2. The van der Waals surface area contributed by atoms with Crippen molar-refractivity contribution in [1.82, 2.24) is 10.2 Å². The summed E-state index contributed by atoms with van der Waals surface area (Å²) in [5, 5.41) is 3.46. The van der Waals surface area contributed by atoms with Crippen molar-refractivity contribution in [1.29, 1.82) is 0 Å². The Labute approximate surface area is 74.3 Å². The van der Waals surface area contributed by atoms with Crippen molar-refractivity contribution in [3.63, 3.8) is 0 Å². The zero-order valence-electron chi connectivity index (χ0n) is 7.63. The summed E-state index contributed by atoms with van der Waals surface area (Å²) < 4.78 is 0. The van der Waals surface area contributed by atoms with Crippen LogP contribution in [-0.4, -0.2) is 37.6 Å². The normalized spacial score (nSPS) is 46.5. The van der Waals surface area contributed by atoms with Crippen molar-refractivity contribution >= 4 is 0 Å². The molecule has 3 fully saturated rings. The van der Waals surface area contributed by atoms with E-state index in [-0.39, 0.29) is 0 Å². The topological polar surface area (TPSA) is 15.3 Å². The van der Waals surface area contributed by atoms with Gasteiger partial charge in [0.2, 0.25) is 0 Å². The molecular formula is C10H18N2. The second kappa shape index (κ2) is 2.71. The summed E-state index contributed by atoms with van der Waals surface area (Å²) in [6.45, 7) is 6.79. The van der Waals surface area contributed by atoms with E-state index >= 15 is 0 Å². The number of rotatable bonds is 2. The summed E-state index contributed by atoms with van der Waals surface area (Å²) in [6.07, 6.45) is 2.89. The fraction of sp³-hybridized carbons (Fsp3) is 1.00. The molecule has 0 bridgehead atoms. The Kier molecular flexibility index (Phi) is 1.66. The van der Waals surface area contributed by atoms with Crippen molar-refractivity contribution in [2.75, 3.05) is 32.7 Å². The first-order valence-corrected chi connectivity index (χ1v) is 5.38. The molecule has 0 aromatic heterocycles. The molecule has 1 aliphatic carbocycles. The fourth-order valence-electron chi connectivity index (χ4n) is 3.08. The SMILES string of the molecule is C1CCN(CC2C3CNCC32)C1. The standard InChI is InChI=1S/C10H18N2/c1-2-4-12(3-1)7-10-8-5-11-6-9(8)10/h8-11H,1-7H2. The maximum Gasteiger partial charge on any atom is 0.00161 e. The molecule has 2 heteroatoms. The monoisotopic (exact) mass is 166 g/mol. The van der Waals surface area contributed by atoms with Crippen LogP contribution in [0.1, 0.15) is 12.8 Å². The van der Waals surface area contributed by atoms with Crippen molar-refractivity contribution in [2.45, 2.75) is 12.8 Å². The Balaban J connectivity index is 1.50. The first-order valence-electron chi connectivity index (χ1n) is 5.38. The van der Waals surface area contributed by atoms with E-state index in [2.05, 4.69) is 10.2 Å². The lowest BCUT2D eigenvalue weighted by molar-refractivity contribution is 0.306. The van der Waals surface area contributed by atoms with Crippen LogP contribution >= 0.6 is 0 Å². The van der Waals surface area contributed by atoms with Gasteiger partial charge in [-0.2, -0.15) is 0 Å². The third-order valence-electron chi connectivity index (χ3n) is 3.94. The molecule has 3 aliphatic rings. The first-order chi connectivity index (χ1) is 5.95. The van der Waals surface area contributed by atoms with Crippen molar-refractivity contribution < 1.29 is 0 Å². The summed E-state index contributed by atoms with van der Waals surface area (Å²) in [6, 6.07) is 0. The zero-order chi connectivity index (χ0) is 7.97. The average molecular weight is 166 g/mol. The van der Waals surface area contributed by atoms with Gasteiger partial charge in [0.05, 0.1) is 0 Å². The van der Waals surface area contributed by atoms with Crippen LogP contribution in [0, 0.1) is 17.8 Å². The second-order valence-electron chi connectivity index (χ2n) is 4.66. The third-order valence-corrected chi connectivity index (χ3v) is 3.94. The van der Waals surface area contributed by atoms with E-state index < -0.39 is 0 Å². The van der Waals surface area contributed by atoms with E-state index in [1.165, 1.54) is 45.6 Å². The van der Waals surface area contributed by atoms with Crippen LogP contribution < -0.4 is 5.32 Å². The Hall–Kier alpha value is -0.0800. The number of likely N-dealkylation sites (tertiary alicyclic amines) is 1. The van der Waals surface area contributed by atoms with Crippen molar-refractivity contribution in [3.8, 4) is 0 Å². The van der Waals surface area contributed by atoms with E-state index in [4.69, 9.17) is 0 Å². The molecule has 3 rings (SSSR count). The maximum atomic E-state index is 3.46. The van der Waals surface area contributed by atoms with Crippen LogP contribution in [0.5, 0.6) is 0 Å². The van der Waals surface area contributed by atoms with Gasteiger partial charge in [-0.1, -0.05) is 0 Å². The van der Waals surface area contributed by atoms with Crippen LogP contribution in [0.3, 0.4) is 0 Å². The summed E-state index contributed by atoms with van der Waals surface area (Å²) in [7, 11) is 0. The molecule has 0 aromatic rings. The molecule has 1 N–H and O–H groups in total. The summed E-state index contributed by atoms with van der Waals surface area (Å²) in [5.41, 5.74) is 0. The number of hydrogen-bond acceptors (Lipinski definition) is 2. The Morgan fingerprint density at radius 2 is 1.75 bits per heavy atom. The number of piperidine rings is 1. The first kappa shape index (κ1) is 7.34. The number of nitrogens with one attached hydrogen (secondary N) is 1. The van der Waals surface area contributed by atoms with Gasteiger partial charge in [0.25, 0.3) is 0 Å². The van der Waals surface area contributed by atoms with Gasteiger partial charge in [-0.25, -0.2) is 0 Å². The summed E-state index contributed by atoms with van der Waals surface area (Å²) in [4.78, 5) is 2.67. The fourth-order valence-corrected chi connectivity index (χ4v) is 3.08. The average Bonchev–Trinajstić information content (AvgIpc) is 2.59. The lowest BCUT2D eigenvalue weighted by Gasteiger charge is -2.15. The van der Waals surface area contributed by atoms with E-state index in [9.17, 15) is 0 Å². The minimum atomic E-state index is 1.06. The van der Waals surface area contributed by atoms with Gasteiger partial charge < -0.3 is 10.2 Å². The molecule has 1 saturated carbocycles.